The molecule has 2 atom stereocenters. The molecule has 6 nitrogen and oxygen atoms in total. The van der Waals surface area contributed by atoms with Crippen LogP contribution in [0.1, 0.15) is 28.5 Å². The summed E-state index contributed by atoms with van der Waals surface area (Å²) in [7, 11) is 0. The summed E-state index contributed by atoms with van der Waals surface area (Å²) in [6.07, 6.45) is 0.720. The fourth-order valence-electron chi connectivity index (χ4n) is 4.08. The number of piperazine rings is 1. The lowest BCUT2D eigenvalue weighted by atomic mass is 10.1. The quantitative estimate of drug-likeness (QED) is 0.599. The van der Waals surface area contributed by atoms with Crippen molar-refractivity contribution in [2.45, 2.75) is 29.8 Å². The average molecular weight is 444 g/mol. The van der Waals surface area contributed by atoms with Gasteiger partial charge in [0.25, 0.3) is 5.91 Å². The Kier molecular flexibility index (Phi) is 5.34. The zero-order valence-corrected chi connectivity index (χ0v) is 18.2. The van der Waals surface area contributed by atoms with Crippen molar-refractivity contribution in [2.24, 2.45) is 0 Å². The number of nitrogens with zero attached hydrogens (tertiary/aromatic N) is 5. The van der Waals surface area contributed by atoms with Crippen molar-refractivity contribution >= 4 is 34.7 Å². The molecule has 0 spiro atoms. The van der Waals surface area contributed by atoms with E-state index in [4.69, 9.17) is 0 Å². The third-order valence-corrected chi connectivity index (χ3v) is 7.77. The van der Waals surface area contributed by atoms with Gasteiger partial charge in [-0.15, -0.1) is 16.4 Å². The van der Waals surface area contributed by atoms with E-state index in [1.807, 2.05) is 25.1 Å². The highest BCUT2D eigenvalue weighted by molar-refractivity contribution is 8.01. The van der Waals surface area contributed by atoms with Gasteiger partial charge in [-0.2, -0.15) is 4.68 Å². The van der Waals surface area contributed by atoms with Crippen LogP contribution in [0.5, 0.6) is 0 Å². The minimum absolute atomic E-state index is 0.00792. The topological polar surface area (TPSA) is 54.3 Å². The molecule has 30 heavy (non-hydrogen) atoms. The van der Waals surface area contributed by atoms with E-state index in [1.165, 1.54) is 33.5 Å². The van der Waals surface area contributed by atoms with Crippen molar-refractivity contribution in [1.29, 1.82) is 0 Å². The van der Waals surface area contributed by atoms with E-state index < -0.39 is 0 Å². The lowest BCUT2D eigenvalue weighted by molar-refractivity contribution is 0.0832. The highest BCUT2D eigenvalue weighted by Crippen LogP contribution is 2.42. The fourth-order valence-corrected chi connectivity index (χ4v) is 6.33. The van der Waals surface area contributed by atoms with Gasteiger partial charge >= 0.3 is 0 Å². The molecule has 1 saturated heterocycles. The number of thioether (sulfide) groups is 1. The van der Waals surface area contributed by atoms with Crippen LogP contribution >= 0.6 is 23.1 Å². The van der Waals surface area contributed by atoms with Gasteiger partial charge in [-0.25, -0.2) is 9.37 Å². The largest absolute Gasteiger partial charge is 0.369 e. The van der Waals surface area contributed by atoms with Gasteiger partial charge in [-0.1, -0.05) is 24.8 Å². The molecule has 1 aromatic carbocycles. The molecule has 3 aromatic rings. The van der Waals surface area contributed by atoms with Crippen LogP contribution in [-0.4, -0.2) is 57.0 Å². The minimum atomic E-state index is -0.248. The summed E-state index contributed by atoms with van der Waals surface area (Å²) in [6.45, 7) is 5.33. The molecule has 0 aliphatic carbocycles. The second-order valence-electron chi connectivity index (χ2n) is 7.41. The molecule has 0 amide bonds. The summed E-state index contributed by atoms with van der Waals surface area (Å²) in [5, 5.41) is 6.91. The molecule has 0 saturated carbocycles. The summed E-state index contributed by atoms with van der Waals surface area (Å²) < 4.78 is 14.7. The zero-order valence-electron chi connectivity index (χ0n) is 16.6. The van der Waals surface area contributed by atoms with Gasteiger partial charge in [0.2, 0.25) is 0 Å². The normalized spacial score (nSPS) is 20.5. The Hall–Kier alpha value is -2.23. The minimum Gasteiger partial charge on any atom is -0.369 e. The number of fused-ring (bicyclic) bond motifs is 1. The smallest absolute Gasteiger partial charge is 0.264 e. The molecular weight excluding hydrogens is 421 g/mol. The number of hydrogen-bond acceptors (Lipinski definition) is 7. The van der Waals surface area contributed by atoms with Gasteiger partial charge in [0.15, 0.2) is 11.0 Å². The van der Waals surface area contributed by atoms with Gasteiger partial charge < -0.3 is 4.90 Å². The van der Waals surface area contributed by atoms with Gasteiger partial charge in [-0.05, 0) is 35.7 Å². The third kappa shape index (κ3) is 3.55. The molecule has 1 fully saturated rings. The van der Waals surface area contributed by atoms with Gasteiger partial charge in [0.1, 0.15) is 11.1 Å². The number of anilines is 1. The number of carbonyl (C=O) groups is 1. The van der Waals surface area contributed by atoms with Crippen LogP contribution in [0.3, 0.4) is 0 Å². The predicted octanol–water partition coefficient (Wildman–Crippen LogP) is 3.72. The van der Waals surface area contributed by atoms with Crippen LogP contribution in [0.25, 0.3) is 0 Å². The second-order valence-corrected chi connectivity index (χ2v) is 9.50. The van der Waals surface area contributed by atoms with Crippen LogP contribution in [0.15, 0.2) is 46.9 Å². The molecule has 9 heteroatoms. The maximum Gasteiger partial charge on any atom is 0.264 e. The number of benzene rings is 1. The Bertz CT molecular complexity index is 1030. The van der Waals surface area contributed by atoms with Gasteiger partial charge in [-0.3, -0.25) is 9.69 Å². The van der Waals surface area contributed by atoms with Crippen molar-refractivity contribution in [3.8, 4) is 0 Å². The fraction of sp³-hybridized carbons (Fsp3) is 0.381. The summed E-state index contributed by atoms with van der Waals surface area (Å²) >= 11 is 3.22. The molecular formula is C21H22FN5OS2. The van der Waals surface area contributed by atoms with Crippen LogP contribution in [0, 0.1) is 5.82 Å². The van der Waals surface area contributed by atoms with Crippen LogP contribution in [-0.2, 0) is 6.42 Å². The SMILES string of the molecule is CCc1nc2n(n1)C(=O)C(C(c1cccs1)N1CCN(c3ccc(F)cc3)CC1)S2. The van der Waals surface area contributed by atoms with Crippen molar-refractivity contribution in [3.05, 3.63) is 58.3 Å². The van der Waals surface area contributed by atoms with Gasteiger partial charge in [0.05, 0.1) is 6.04 Å². The number of halogens is 1. The number of rotatable bonds is 5. The third-order valence-electron chi connectivity index (χ3n) is 5.64. The molecule has 5 rings (SSSR count). The molecule has 4 heterocycles. The van der Waals surface area contributed by atoms with E-state index >= 15 is 0 Å². The molecule has 0 N–H and O–H groups in total. The monoisotopic (exact) mass is 443 g/mol. The van der Waals surface area contributed by atoms with Crippen molar-refractivity contribution < 1.29 is 9.18 Å². The first-order valence-electron chi connectivity index (χ1n) is 10.1. The highest BCUT2D eigenvalue weighted by Gasteiger charge is 2.44. The second kappa shape index (κ2) is 8.13. The Morgan fingerprint density at radius 1 is 1.17 bits per heavy atom. The molecule has 2 aliphatic heterocycles. The Labute approximate surface area is 182 Å². The van der Waals surface area contributed by atoms with Crippen LogP contribution in [0.2, 0.25) is 0 Å². The Morgan fingerprint density at radius 3 is 2.57 bits per heavy atom. The zero-order chi connectivity index (χ0) is 20.7. The maximum absolute atomic E-state index is 13.2. The standard InChI is InChI=1S/C21H22FN5OS2/c1-2-17-23-21-27(24-17)20(28)19(30-21)18(16-4-3-13-29-16)26-11-9-25(10-12-26)15-7-5-14(22)6-8-15/h3-8,13,18-19H,2,9-12H2,1H3. The van der Waals surface area contributed by atoms with E-state index in [0.29, 0.717) is 11.0 Å². The number of aromatic nitrogens is 3. The summed E-state index contributed by atoms with van der Waals surface area (Å²) in [5.41, 5.74) is 1.03. The van der Waals surface area contributed by atoms with E-state index in [9.17, 15) is 9.18 Å². The molecule has 0 bridgehead atoms. The molecule has 2 aromatic heterocycles. The van der Waals surface area contributed by atoms with E-state index in [2.05, 4.69) is 31.3 Å². The lowest BCUT2D eigenvalue weighted by Crippen LogP contribution is -2.50. The molecule has 2 unspecified atom stereocenters. The first-order valence-corrected chi connectivity index (χ1v) is 11.8. The molecule has 2 aliphatic rings. The van der Waals surface area contributed by atoms with E-state index in [-0.39, 0.29) is 23.0 Å². The van der Waals surface area contributed by atoms with Crippen LogP contribution < -0.4 is 4.90 Å². The van der Waals surface area contributed by atoms with Crippen molar-refractivity contribution in [2.75, 3.05) is 31.1 Å². The Morgan fingerprint density at radius 2 is 1.93 bits per heavy atom. The molecule has 0 radical (unpaired) electrons. The summed E-state index contributed by atoms with van der Waals surface area (Å²) in [6, 6.07) is 10.8. The molecule has 156 valence electrons. The summed E-state index contributed by atoms with van der Waals surface area (Å²) in [5.74, 6) is 0.510. The van der Waals surface area contributed by atoms with Gasteiger partial charge in [0, 0.05) is 43.2 Å². The first-order chi connectivity index (χ1) is 14.6. The Balaban J connectivity index is 1.35. The number of hydrogen-bond donors (Lipinski definition) is 0. The highest BCUT2D eigenvalue weighted by atomic mass is 32.2. The summed E-state index contributed by atoms with van der Waals surface area (Å²) in [4.78, 5) is 23.6. The van der Waals surface area contributed by atoms with E-state index in [1.54, 1.807) is 11.3 Å². The van der Waals surface area contributed by atoms with Crippen molar-refractivity contribution in [1.82, 2.24) is 19.7 Å². The van der Waals surface area contributed by atoms with E-state index in [0.717, 1.165) is 38.3 Å². The average Bonchev–Trinajstić information content (AvgIpc) is 3.49. The lowest BCUT2D eigenvalue weighted by Gasteiger charge is -2.41. The predicted molar refractivity (Wildman–Crippen MR) is 117 cm³/mol. The number of aryl methyl sites for hydroxylation is 1. The number of thiophene rings is 1. The number of carbonyl (C=O) groups excluding carboxylic acids is 1. The maximum atomic E-state index is 13.2. The van der Waals surface area contributed by atoms with Crippen molar-refractivity contribution in [3.63, 3.8) is 0 Å². The first kappa shape index (κ1) is 19.7. The van der Waals surface area contributed by atoms with Crippen LogP contribution in [0.4, 0.5) is 10.1 Å².